The molecule has 0 aliphatic carbocycles. The van der Waals surface area contributed by atoms with Gasteiger partial charge in [-0.05, 0) is 24.1 Å². The normalized spacial score (nSPS) is 13.8. The third-order valence-corrected chi connectivity index (χ3v) is 3.25. The Balaban J connectivity index is 2.05. The molecule has 0 spiro atoms. The Morgan fingerprint density at radius 2 is 1.90 bits per heavy atom. The number of rotatable bonds is 2. The average molecular weight is 288 g/mol. The number of ketones is 1. The number of carbonyl (C=O) groups is 2. The molecule has 0 bridgehead atoms. The zero-order chi connectivity index (χ0) is 15.1. The van der Waals surface area contributed by atoms with Crippen molar-refractivity contribution in [1.29, 1.82) is 0 Å². The van der Waals surface area contributed by atoms with E-state index < -0.39 is 23.3 Å². The minimum absolute atomic E-state index is 0.00874. The van der Waals surface area contributed by atoms with Crippen molar-refractivity contribution in [3.63, 3.8) is 0 Å². The lowest BCUT2D eigenvalue weighted by molar-refractivity contribution is -0.114. The lowest BCUT2D eigenvalue weighted by Gasteiger charge is -2.17. The lowest BCUT2D eigenvalue weighted by atomic mass is 10.1. The van der Waals surface area contributed by atoms with Crippen LogP contribution < -0.4 is 4.90 Å². The fourth-order valence-corrected chi connectivity index (χ4v) is 2.39. The van der Waals surface area contributed by atoms with E-state index in [4.69, 9.17) is 0 Å². The molecule has 1 aliphatic rings. The number of aromatic nitrogens is 1. The predicted octanol–water partition coefficient (Wildman–Crippen LogP) is 2.40. The molecule has 2 aromatic rings. The van der Waals surface area contributed by atoms with Crippen LogP contribution in [0.25, 0.3) is 0 Å². The van der Waals surface area contributed by atoms with Gasteiger partial charge in [-0.15, -0.1) is 0 Å². The van der Waals surface area contributed by atoms with E-state index in [1.807, 2.05) is 6.92 Å². The van der Waals surface area contributed by atoms with Crippen LogP contribution in [0.1, 0.15) is 21.5 Å². The number of hydrogen-bond donors (Lipinski definition) is 0. The molecular formula is C15H10F2N2O2. The van der Waals surface area contributed by atoms with Gasteiger partial charge in [0.15, 0.2) is 5.82 Å². The second-order valence-electron chi connectivity index (χ2n) is 4.87. The quantitative estimate of drug-likeness (QED) is 0.797. The summed E-state index contributed by atoms with van der Waals surface area (Å²) in [6.07, 6.45) is 3.18. The number of Topliss-reactive ketones (excluding diaryl/α,β-unsaturated/α-hetero) is 1. The number of nitrogens with zero attached hydrogens (tertiary/aromatic N) is 2. The first-order valence-electron chi connectivity index (χ1n) is 6.23. The van der Waals surface area contributed by atoms with Crippen molar-refractivity contribution in [1.82, 2.24) is 4.98 Å². The number of hydrogen-bond acceptors (Lipinski definition) is 3. The monoisotopic (exact) mass is 288 g/mol. The summed E-state index contributed by atoms with van der Waals surface area (Å²) in [6.45, 7) is 1.84. The molecule has 1 aliphatic heterocycles. The van der Waals surface area contributed by atoms with Crippen LogP contribution in [0.15, 0.2) is 30.6 Å². The molecule has 1 amide bonds. The Morgan fingerprint density at radius 3 is 2.62 bits per heavy atom. The van der Waals surface area contributed by atoms with Crippen molar-refractivity contribution in [2.45, 2.75) is 13.5 Å². The van der Waals surface area contributed by atoms with Crippen LogP contribution in [-0.2, 0) is 11.3 Å². The fourth-order valence-electron chi connectivity index (χ4n) is 2.39. The van der Waals surface area contributed by atoms with Gasteiger partial charge in [0.2, 0.25) is 0 Å². The van der Waals surface area contributed by atoms with Gasteiger partial charge in [0.25, 0.3) is 11.7 Å². The maximum atomic E-state index is 13.9. The standard InChI is InChI=1S/C15H10F2N2O2/c1-8-2-9(6-18-5-8)7-19-13-11(14(20)15(19)21)3-10(16)4-12(13)17/h2-6H,7H2,1H3. The van der Waals surface area contributed by atoms with Crippen molar-refractivity contribution in [3.05, 3.63) is 58.9 Å². The number of aryl methyl sites for hydroxylation is 1. The predicted molar refractivity (Wildman–Crippen MR) is 70.9 cm³/mol. The van der Waals surface area contributed by atoms with E-state index in [1.54, 1.807) is 12.3 Å². The van der Waals surface area contributed by atoms with Gasteiger partial charge in [0.1, 0.15) is 5.82 Å². The average Bonchev–Trinajstić information content (AvgIpc) is 2.64. The van der Waals surface area contributed by atoms with E-state index in [-0.39, 0.29) is 17.8 Å². The SMILES string of the molecule is Cc1cncc(CN2C(=O)C(=O)c3cc(F)cc(F)c32)c1. The first kappa shape index (κ1) is 13.4. The Hall–Kier alpha value is -2.63. The topological polar surface area (TPSA) is 50.3 Å². The zero-order valence-corrected chi connectivity index (χ0v) is 11.1. The van der Waals surface area contributed by atoms with Gasteiger partial charge in [-0.25, -0.2) is 8.78 Å². The molecule has 3 rings (SSSR count). The summed E-state index contributed by atoms with van der Waals surface area (Å²) in [5.74, 6) is -3.57. The maximum Gasteiger partial charge on any atom is 0.299 e. The van der Waals surface area contributed by atoms with E-state index in [0.717, 1.165) is 16.5 Å². The molecule has 0 atom stereocenters. The number of pyridine rings is 1. The number of carbonyl (C=O) groups excluding carboxylic acids is 2. The molecule has 0 unspecified atom stereocenters. The molecule has 106 valence electrons. The summed E-state index contributed by atoms with van der Waals surface area (Å²) >= 11 is 0. The highest BCUT2D eigenvalue weighted by Gasteiger charge is 2.38. The third kappa shape index (κ3) is 2.18. The molecule has 1 aromatic heterocycles. The number of anilines is 1. The van der Waals surface area contributed by atoms with Crippen LogP contribution in [0.5, 0.6) is 0 Å². The van der Waals surface area contributed by atoms with Gasteiger partial charge < -0.3 is 0 Å². The Bertz CT molecular complexity index is 774. The van der Waals surface area contributed by atoms with E-state index in [2.05, 4.69) is 4.98 Å². The summed E-state index contributed by atoms with van der Waals surface area (Å²) in [6, 6.07) is 3.32. The molecular weight excluding hydrogens is 278 g/mol. The second-order valence-corrected chi connectivity index (χ2v) is 4.87. The fraction of sp³-hybridized carbons (Fsp3) is 0.133. The van der Waals surface area contributed by atoms with Gasteiger partial charge in [0.05, 0.1) is 17.8 Å². The van der Waals surface area contributed by atoms with Crippen LogP contribution in [-0.4, -0.2) is 16.7 Å². The minimum Gasteiger partial charge on any atom is -0.297 e. The first-order valence-corrected chi connectivity index (χ1v) is 6.23. The van der Waals surface area contributed by atoms with E-state index >= 15 is 0 Å². The molecule has 0 saturated carbocycles. The van der Waals surface area contributed by atoms with Crippen LogP contribution in [0.2, 0.25) is 0 Å². The smallest absolute Gasteiger partial charge is 0.297 e. The number of fused-ring (bicyclic) bond motifs is 1. The van der Waals surface area contributed by atoms with Crippen molar-refractivity contribution >= 4 is 17.4 Å². The molecule has 0 saturated heterocycles. The van der Waals surface area contributed by atoms with Gasteiger partial charge in [-0.2, -0.15) is 0 Å². The second kappa shape index (κ2) is 4.73. The third-order valence-electron chi connectivity index (χ3n) is 3.25. The Kier molecular flexibility index (Phi) is 3.01. The van der Waals surface area contributed by atoms with Crippen LogP contribution >= 0.6 is 0 Å². The maximum absolute atomic E-state index is 13.9. The summed E-state index contributed by atoms with van der Waals surface area (Å²) < 4.78 is 27.1. The molecule has 4 nitrogen and oxygen atoms in total. The van der Waals surface area contributed by atoms with E-state index in [9.17, 15) is 18.4 Å². The summed E-state index contributed by atoms with van der Waals surface area (Å²) in [5.41, 5.74) is 1.13. The first-order chi connectivity index (χ1) is 9.97. The molecule has 6 heteroatoms. The van der Waals surface area contributed by atoms with Gasteiger partial charge in [-0.3, -0.25) is 19.5 Å². The highest BCUT2D eigenvalue weighted by atomic mass is 19.1. The number of amides is 1. The van der Waals surface area contributed by atoms with Crippen LogP contribution in [0, 0.1) is 18.6 Å². The molecule has 0 radical (unpaired) electrons. The Morgan fingerprint density at radius 1 is 1.14 bits per heavy atom. The van der Waals surface area contributed by atoms with Crippen molar-refractivity contribution in [2.24, 2.45) is 0 Å². The van der Waals surface area contributed by atoms with Gasteiger partial charge in [-0.1, -0.05) is 6.07 Å². The lowest BCUT2D eigenvalue weighted by Crippen LogP contribution is -2.29. The summed E-state index contributed by atoms with van der Waals surface area (Å²) in [4.78, 5) is 28.8. The van der Waals surface area contributed by atoms with E-state index in [1.165, 1.54) is 6.20 Å². The van der Waals surface area contributed by atoms with Crippen molar-refractivity contribution in [2.75, 3.05) is 4.90 Å². The van der Waals surface area contributed by atoms with Crippen LogP contribution in [0.3, 0.4) is 0 Å². The minimum atomic E-state index is -0.926. The summed E-state index contributed by atoms with van der Waals surface area (Å²) in [5, 5.41) is 0. The molecule has 1 aromatic carbocycles. The van der Waals surface area contributed by atoms with Gasteiger partial charge >= 0.3 is 0 Å². The molecule has 21 heavy (non-hydrogen) atoms. The molecule has 2 heterocycles. The Labute approximate surface area is 119 Å². The van der Waals surface area contributed by atoms with Crippen molar-refractivity contribution < 1.29 is 18.4 Å². The number of benzene rings is 1. The summed E-state index contributed by atoms with van der Waals surface area (Å²) in [7, 11) is 0. The van der Waals surface area contributed by atoms with Crippen LogP contribution in [0.4, 0.5) is 14.5 Å². The molecule has 0 fully saturated rings. The highest BCUT2D eigenvalue weighted by Crippen LogP contribution is 2.33. The zero-order valence-electron chi connectivity index (χ0n) is 11.1. The van der Waals surface area contributed by atoms with Crippen molar-refractivity contribution in [3.8, 4) is 0 Å². The number of halogens is 2. The van der Waals surface area contributed by atoms with E-state index in [0.29, 0.717) is 11.6 Å². The highest BCUT2D eigenvalue weighted by molar-refractivity contribution is 6.52. The van der Waals surface area contributed by atoms with Gasteiger partial charge in [0, 0.05) is 18.5 Å². The largest absolute Gasteiger partial charge is 0.299 e. The molecule has 0 N–H and O–H groups in total.